The molecule has 0 aliphatic carbocycles. The van der Waals surface area contributed by atoms with Gasteiger partial charge in [0.1, 0.15) is 0 Å². The number of halogens is 1. The topological polar surface area (TPSA) is 46.9 Å². The van der Waals surface area contributed by atoms with Crippen molar-refractivity contribution in [2.75, 3.05) is 5.75 Å². The standard InChI is InChI=1S/C19H18ClN3OS/c1-14-6-2-5-9-17(14)23-11-10-21-19(23)25-13-18(24)22-12-15-7-3-4-8-16(15)20/h2-11H,12-13H2,1H3,(H,22,24). The maximum Gasteiger partial charge on any atom is 0.230 e. The van der Waals surface area contributed by atoms with Crippen LogP contribution in [0, 0.1) is 6.92 Å². The van der Waals surface area contributed by atoms with Crippen LogP contribution in [-0.4, -0.2) is 21.2 Å². The summed E-state index contributed by atoms with van der Waals surface area (Å²) in [4.78, 5) is 16.5. The van der Waals surface area contributed by atoms with Gasteiger partial charge in [-0.3, -0.25) is 9.36 Å². The first-order valence-electron chi connectivity index (χ1n) is 7.87. The average molecular weight is 372 g/mol. The third-order valence-electron chi connectivity index (χ3n) is 3.75. The number of nitrogens with one attached hydrogen (secondary N) is 1. The van der Waals surface area contributed by atoms with E-state index in [1.54, 1.807) is 6.20 Å². The average Bonchev–Trinajstić information content (AvgIpc) is 3.08. The predicted octanol–water partition coefficient (Wildman–Crippen LogP) is 4.24. The number of amides is 1. The van der Waals surface area contributed by atoms with Crippen LogP contribution < -0.4 is 5.32 Å². The molecule has 0 aliphatic rings. The van der Waals surface area contributed by atoms with Gasteiger partial charge < -0.3 is 5.32 Å². The fourth-order valence-electron chi connectivity index (χ4n) is 2.43. The number of rotatable bonds is 6. The predicted molar refractivity (Wildman–Crippen MR) is 102 cm³/mol. The molecule has 1 N–H and O–H groups in total. The molecule has 6 heteroatoms. The minimum atomic E-state index is -0.0516. The van der Waals surface area contributed by atoms with Gasteiger partial charge in [-0.15, -0.1) is 0 Å². The van der Waals surface area contributed by atoms with E-state index in [2.05, 4.69) is 23.3 Å². The highest BCUT2D eigenvalue weighted by molar-refractivity contribution is 7.99. The number of thioether (sulfide) groups is 1. The Morgan fingerprint density at radius 3 is 2.76 bits per heavy atom. The van der Waals surface area contributed by atoms with Crippen LogP contribution >= 0.6 is 23.4 Å². The number of hydrogen-bond acceptors (Lipinski definition) is 3. The summed E-state index contributed by atoms with van der Waals surface area (Å²) >= 11 is 7.51. The SMILES string of the molecule is Cc1ccccc1-n1ccnc1SCC(=O)NCc1ccccc1Cl. The minimum Gasteiger partial charge on any atom is -0.351 e. The third kappa shape index (κ3) is 4.44. The summed E-state index contributed by atoms with van der Waals surface area (Å²) in [5, 5.41) is 4.34. The molecule has 2 aromatic carbocycles. The normalized spacial score (nSPS) is 10.6. The molecule has 1 heterocycles. The molecule has 128 valence electrons. The molecule has 25 heavy (non-hydrogen) atoms. The van der Waals surface area contributed by atoms with E-state index in [-0.39, 0.29) is 5.91 Å². The van der Waals surface area contributed by atoms with Gasteiger partial charge in [0.2, 0.25) is 5.91 Å². The van der Waals surface area contributed by atoms with E-state index in [0.29, 0.717) is 17.3 Å². The number of carbonyl (C=O) groups is 1. The lowest BCUT2D eigenvalue weighted by molar-refractivity contribution is -0.118. The lowest BCUT2D eigenvalue weighted by atomic mass is 10.2. The largest absolute Gasteiger partial charge is 0.351 e. The Morgan fingerprint density at radius 2 is 1.96 bits per heavy atom. The summed E-state index contributed by atoms with van der Waals surface area (Å²) < 4.78 is 2.00. The zero-order valence-electron chi connectivity index (χ0n) is 13.8. The fraction of sp³-hybridized carbons (Fsp3) is 0.158. The maximum absolute atomic E-state index is 12.1. The minimum absolute atomic E-state index is 0.0516. The molecule has 3 rings (SSSR count). The highest BCUT2D eigenvalue weighted by Gasteiger charge is 2.10. The highest BCUT2D eigenvalue weighted by Crippen LogP contribution is 2.22. The molecule has 0 saturated heterocycles. The Balaban J connectivity index is 1.59. The monoisotopic (exact) mass is 371 g/mol. The molecule has 0 unspecified atom stereocenters. The second kappa shape index (κ2) is 8.23. The van der Waals surface area contributed by atoms with Crippen LogP contribution in [0.2, 0.25) is 5.02 Å². The Morgan fingerprint density at radius 1 is 1.20 bits per heavy atom. The van der Waals surface area contributed by atoms with Gasteiger partial charge in [0, 0.05) is 24.0 Å². The molecule has 3 aromatic rings. The number of benzene rings is 2. The van der Waals surface area contributed by atoms with E-state index >= 15 is 0 Å². The molecule has 0 bridgehead atoms. The van der Waals surface area contributed by atoms with Gasteiger partial charge in [0.25, 0.3) is 0 Å². The zero-order chi connectivity index (χ0) is 17.6. The molecule has 0 aliphatic heterocycles. The molecule has 1 aromatic heterocycles. The number of imidazole rings is 1. The number of aromatic nitrogens is 2. The van der Waals surface area contributed by atoms with Crippen LogP contribution in [0.5, 0.6) is 0 Å². The van der Waals surface area contributed by atoms with E-state index in [1.807, 2.05) is 53.2 Å². The van der Waals surface area contributed by atoms with Gasteiger partial charge in [-0.25, -0.2) is 4.98 Å². The molecular weight excluding hydrogens is 354 g/mol. The van der Waals surface area contributed by atoms with Crippen molar-refractivity contribution in [1.82, 2.24) is 14.9 Å². The molecule has 0 saturated carbocycles. The van der Waals surface area contributed by atoms with Crippen LogP contribution in [0.1, 0.15) is 11.1 Å². The molecule has 0 atom stereocenters. The van der Waals surface area contributed by atoms with E-state index < -0.39 is 0 Å². The highest BCUT2D eigenvalue weighted by atomic mass is 35.5. The molecule has 0 radical (unpaired) electrons. The van der Waals surface area contributed by atoms with E-state index in [9.17, 15) is 4.79 Å². The van der Waals surface area contributed by atoms with Gasteiger partial charge in [-0.2, -0.15) is 0 Å². The zero-order valence-corrected chi connectivity index (χ0v) is 15.3. The van der Waals surface area contributed by atoms with E-state index in [0.717, 1.165) is 22.0 Å². The van der Waals surface area contributed by atoms with Crippen molar-refractivity contribution in [2.45, 2.75) is 18.6 Å². The Hall–Kier alpha value is -2.24. The smallest absolute Gasteiger partial charge is 0.230 e. The summed E-state index contributed by atoms with van der Waals surface area (Å²) in [7, 11) is 0. The van der Waals surface area contributed by atoms with Gasteiger partial charge in [0.15, 0.2) is 5.16 Å². The van der Waals surface area contributed by atoms with Crippen LogP contribution in [-0.2, 0) is 11.3 Å². The van der Waals surface area contributed by atoms with Crippen molar-refractivity contribution in [2.24, 2.45) is 0 Å². The number of carbonyl (C=O) groups excluding carboxylic acids is 1. The van der Waals surface area contributed by atoms with Crippen molar-refractivity contribution in [3.8, 4) is 5.69 Å². The lowest BCUT2D eigenvalue weighted by Crippen LogP contribution is -2.24. The van der Waals surface area contributed by atoms with Crippen LogP contribution in [0.15, 0.2) is 66.1 Å². The fourth-order valence-corrected chi connectivity index (χ4v) is 3.43. The number of aryl methyl sites for hydroxylation is 1. The summed E-state index contributed by atoms with van der Waals surface area (Å²) in [5.41, 5.74) is 3.13. The van der Waals surface area contributed by atoms with Crippen LogP contribution in [0.25, 0.3) is 5.69 Å². The lowest BCUT2D eigenvalue weighted by Gasteiger charge is -2.10. The Labute approximate surface area is 156 Å². The molecule has 1 amide bonds. The third-order valence-corrected chi connectivity index (χ3v) is 5.08. The van der Waals surface area contributed by atoms with Crippen molar-refractivity contribution in [3.05, 3.63) is 77.1 Å². The van der Waals surface area contributed by atoms with Gasteiger partial charge in [-0.1, -0.05) is 59.8 Å². The van der Waals surface area contributed by atoms with Crippen LogP contribution in [0.3, 0.4) is 0 Å². The maximum atomic E-state index is 12.1. The van der Waals surface area contributed by atoms with Crippen molar-refractivity contribution < 1.29 is 4.79 Å². The van der Waals surface area contributed by atoms with Crippen molar-refractivity contribution in [1.29, 1.82) is 0 Å². The Kier molecular flexibility index (Phi) is 5.79. The van der Waals surface area contributed by atoms with Gasteiger partial charge in [-0.05, 0) is 30.2 Å². The molecule has 0 spiro atoms. The van der Waals surface area contributed by atoms with Crippen molar-refractivity contribution in [3.63, 3.8) is 0 Å². The summed E-state index contributed by atoms with van der Waals surface area (Å²) in [6.45, 7) is 2.48. The van der Waals surface area contributed by atoms with E-state index in [1.165, 1.54) is 11.8 Å². The first kappa shape index (κ1) is 17.6. The van der Waals surface area contributed by atoms with E-state index in [4.69, 9.17) is 11.6 Å². The van der Waals surface area contributed by atoms with Gasteiger partial charge in [0.05, 0.1) is 11.4 Å². The van der Waals surface area contributed by atoms with Gasteiger partial charge >= 0.3 is 0 Å². The Bertz CT molecular complexity index is 878. The second-order valence-corrected chi connectivity index (χ2v) is 6.87. The second-order valence-electron chi connectivity index (χ2n) is 5.52. The number of hydrogen-bond donors (Lipinski definition) is 1. The molecule has 4 nitrogen and oxygen atoms in total. The number of nitrogens with zero attached hydrogens (tertiary/aromatic N) is 2. The summed E-state index contributed by atoms with van der Waals surface area (Å²) in [6, 6.07) is 15.6. The van der Waals surface area contributed by atoms with Crippen LogP contribution in [0.4, 0.5) is 0 Å². The molecular formula is C19H18ClN3OS. The summed E-state index contributed by atoms with van der Waals surface area (Å²) in [5.74, 6) is 0.247. The quantitative estimate of drug-likeness (QED) is 0.659. The first-order chi connectivity index (χ1) is 12.1. The molecule has 0 fully saturated rings. The first-order valence-corrected chi connectivity index (χ1v) is 9.24. The summed E-state index contributed by atoms with van der Waals surface area (Å²) in [6.07, 6.45) is 3.66. The number of para-hydroxylation sites is 1. The van der Waals surface area contributed by atoms with Crippen molar-refractivity contribution >= 4 is 29.3 Å².